The van der Waals surface area contributed by atoms with E-state index in [4.69, 9.17) is 5.73 Å². The maximum Gasteiger partial charge on any atom is 0.0161 e. The van der Waals surface area contributed by atoms with Crippen LogP contribution in [-0.2, 0) is 0 Å². The number of hydrogen-bond acceptors (Lipinski definition) is 2. The SMILES string of the molecule is CN1CCCC(CN)C1C1CC1. The van der Waals surface area contributed by atoms with Crippen LogP contribution in [0.4, 0.5) is 0 Å². The van der Waals surface area contributed by atoms with Crippen molar-refractivity contribution in [2.24, 2.45) is 17.6 Å². The topological polar surface area (TPSA) is 29.3 Å². The van der Waals surface area contributed by atoms with E-state index in [0.717, 1.165) is 24.4 Å². The van der Waals surface area contributed by atoms with Gasteiger partial charge in [-0.25, -0.2) is 0 Å². The van der Waals surface area contributed by atoms with Gasteiger partial charge in [0.25, 0.3) is 0 Å². The molecule has 2 fully saturated rings. The third-order valence-corrected chi connectivity index (χ3v) is 3.49. The Morgan fingerprint density at radius 2 is 2.08 bits per heavy atom. The highest BCUT2D eigenvalue weighted by molar-refractivity contribution is 4.94. The highest BCUT2D eigenvalue weighted by atomic mass is 15.1. The van der Waals surface area contributed by atoms with Gasteiger partial charge in [0.05, 0.1) is 0 Å². The van der Waals surface area contributed by atoms with Gasteiger partial charge in [0, 0.05) is 6.04 Å². The van der Waals surface area contributed by atoms with E-state index < -0.39 is 0 Å². The molecule has 70 valence electrons. The summed E-state index contributed by atoms with van der Waals surface area (Å²) in [5.74, 6) is 1.78. The fourth-order valence-corrected chi connectivity index (χ4v) is 2.72. The van der Waals surface area contributed by atoms with E-state index in [-0.39, 0.29) is 0 Å². The molecule has 1 saturated carbocycles. The first-order chi connectivity index (χ1) is 5.83. The highest BCUT2D eigenvalue weighted by Gasteiger charge is 2.39. The van der Waals surface area contributed by atoms with Gasteiger partial charge in [-0.3, -0.25) is 0 Å². The first-order valence-corrected chi connectivity index (χ1v) is 5.23. The molecule has 1 aliphatic carbocycles. The Kier molecular flexibility index (Phi) is 2.37. The zero-order valence-electron chi connectivity index (χ0n) is 8.00. The lowest BCUT2D eigenvalue weighted by atomic mass is 9.86. The molecular weight excluding hydrogens is 148 g/mol. The van der Waals surface area contributed by atoms with Crippen LogP contribution in [0.3, 0.4) is 0 Å². The van der Waals surface area contributed by atoms with Crippen molar-refractivity contribution in [2.75, 3.05) is 20.1 Å². The number of piperidine rings is 1. The molecule has 0 aromatic rings. The predicted molar refractivity (Wildman–Crippen MR) is 50.9 cm³/mol. The fourth-order valence-electron chi connectivity index (χ4n) is 2.72. The van der Waals surface area contributed by atoms with Crippen LogP contribution in [0.15, 0.2) is 0 Å². The predicted octanol–water partition coefficient (Wildman–Crippen LogP) is 1.07. The molecule has 2 aliphatic rings. The van der Waals surface area contributed by atoms with Gasteiger partial charge in [0.2, 0.25) is 0 Å². The Hall–Kier alpha value is -0.0800. The largest absolute Gasteiger partial charge is 0.330 e. The van der Waals surface area contributed by atoms with Crippen molar-refractivity contribution in [2.45, 2.75) is 31.7 Å². The number of likely N-dealkylation sites (tertiary alicyclic amines) is 1. The molecule has 0 amide bonds. The Morgan fingerprint density at radius 3 is 2.67 bits per heavy atom. The van der Waals surface area contributed by atoms with Crippen molar-refractivity contribution in [1.29, 1.82) is 0 Å². The summed E-state index contributed by atoms with van der Waals surface area (Å²) in [6, 6.07) is 0.823. The van der Waals surface area contributed by atoms with Crippen molar-refractivity contribution in [3.8, 4) is 0 Å². The smallest absolute Gasteiger partial charge is 0.0161 e. The van der Waals surface area contributed by atoms with Gasteiger partial charge >= 0.3 is 0 Å². The second-order valence-electron chi connectivity index (χ2n) is 4.45. The van der Waals surface area contributed by atoms with Crippen LogP contribution < -0.4 is 5.73 Å². The van der Waals surface area contributed by atoms with Crippen LogP contribution >= 0.6 is 0 Å². The van der Waals surface area contributed by atoms with Crippen molar-refractivity contribution >= 4 is 0 Å². The van der Waals surface area contributed by atoms with Crippen LogP contribution in [-0.4, -0.2) is 31.1 Å². The zero-order valence-corrected chi connectivity index (χ0v) is 8.00. The average molecular weight is 168 g/mol. The number of rotatable bonds is 2. The lowest BCUT2D eigenvalue weighted by Crippen LogP contribution is -2.46. The minimum atomic E-state index is 0.788. The summed E-state index contributed by atoms with van der Waals surface area (Å²) in [7, 11) is 2.27. The summed E-state index contributed by atoms with van der Waals surface area (Å²) in [6.45, 7) is 2.18. The van der Waals surface area contributed by atoms with Gasteiger partial charge < -0.3 is 10.6 Å². The van der Waals surface area contributed by atoms with E-state index in [1.807, 2.05) is 0 Å². The van der Waals surface area contributed by atoms with Crippen LogP contribution in [0, 0.1) is 11.8 Å². The first kappa shape index (κ1) is 8.52. The molecule has 2 N–H and O–H groups in total. The van der Waals surface area contributed by atoms with Gasteiger partial charge in [0.1, 0.15) is 0 Å². The quantitative estimate of drug-likeness (QED) is 0.668. The summed E-state index contributed by atoms with van der Waals surface area (Å²) in [4.78, 5) is 2.54. The van der Waals surface area contributed by atoms with Crippen molar-refractivity contribution in [1.82, 2.24) is 4.90 Å². The Morgan fingerprint density at radius 1 is 1.33 bits per heavy atom. The standard InChI is InChI=1S/C10H20N2/c1-12-6-2-3-9(7-11)10(12)8-4-5-8/h8-10H,2-7,11H2,1H3. The van der Waals surface area contributed by atoms with Crippen LogP contribution in [0.1, 0.15) is 25.7 Å². The summed E-state index contributed by atoms with van der Waals surface area (Å²) in [6.07, 6.45) is 5.61. The first-order valence-electron chi connectivity index (χ1n) is 5.23. The number of nitrogens with two attached hydrogens (primary N) is 1. The Balaban J connectivity index is 2.00. The maximum absolute atomic E-state index is 5.79. The van der Waals surface area contributed by atoms with Gasteiger partial charge in [0.15, 0.2) is 0 Å². The molecule has 1 heterocycles. The maximum atomic E-state index is 5.79. The molecule has 2 nitrogen and oxygen atoms in total. The number of nitrogens with zero attached hydrogens (tertiary/aromatic N) is 1. The second kappa shape index (κ2) is 3.35. The van der Waals surface area contributed by atoms with Crippen LogP contribution in [0.25, 0.3) is 0 Å². The zero-order chi connectivity index (χ0) is 8.55. The molecule has 2 rings (SSSR count). The summed E-state index contributed by atoms with van der Waals surface area (Å²) >= 11 is 0. The molecule has 0 spiro atoms. The van der Waals surface area contributed by atoms with Gasteiger partial charge in [-0.15, -0.1) is 0 Å². The van der Waals surface area contributed by atoms with E-state index >= 15 is 0 Å². The second-order valence-corrected chi connectivity index (χ2v) is 4.45. The lowest BCUT2D eigenvalue weighted by Gasteiger charge is -2.39. The monoisotopic (exact) mass is 168 g/mol. The molecule has 0 aromatic carbocycles. The molecule has 0 radical (unpaired) electrons. The van der Waals surface area contributed by atoms with Crippen LogP contribution in [0.2, 0.25) is 0 Å². The van der Waals surface area contributed by atoms with Gasteiger partial charge in [-0.1, -0.05) is 0 Å². The molecule has 2 heteroatoms. The van der Waals surface area contributed by atoms with Crippen molar-refractivity contribution in [3.05, 3.63) is 0 Å². The van der Waals surface area contributed by atoms with Crippen molar-refractivity contribution < 1.29 is 0 Å². The normalized spacial score (nSPS) is 38.5. The summed E-state index contributed by atoms with van der Waals surface area (Å²) < 4.78 is 0. The van der Waals surface area contributed by atoms with Crippen molar-refractivity contribution in [3.63, 3.8) is 0 Å². The molecule has 2 unspecified atom stereocenters. The van der Waals surface area contributed by atoms with E-state index in [2.05, 4.69) is 11.9 Å². The van der Waals surface area contributed by atoms with E-state index in [1.165, 1.54) is 32.2 Å². The average Bonchev–Trinajstić information content (AvgIpc) is 2.87. The van der Waals surface area contributed by atoms with E-state index in [1.54, 1.807) is 0 Å². The van der Waals surface area contributed by atoms with E-state index in [0.29, 0.717) is 0 Å². The summed E-state index contributed by atoms with van der Waals surface area (Å²) in [5, 5.41) is 0. The molecule has 1 saturated heterocycles. The molecule has 1 aliphatic heterocycles. The minimum Gasteiger partial charge on any atom is -0.330 e. The van der Waals surface area contributed by atoms with Crippen LogP contribution in [0.5, 0.6) is 0 Å². The fraction of sp³-hybridized carbons (Fsp3) is 1.00. The molecule has 12 heavy (non-hydrogen) atoms. The molecular formula is C10H20N2. The highest BCUT2D eigenvalue weighted by Crippen LogP contribution is 2.41. The molecule has 0 aromatic heterocycles. The molecule has 2 atom stereocenters. The van der Waals surface area contributed by atoms with E-state index in [9.17, 15) is 0 Å². The minimum absolute atomic E-state index is 0.788. The third-order valence-electron chi connectivity index (χ3n) is 3.49. The number of hydrogen-bond donors (Lipinski definition) is 1. The Labute approximate surface area is 75.1 Å². The third kappa shape index (κ3) is 1.50. The summed E-state index contributed by atoms with van der Waals surface area (Å²) in [5.41, 5.74) is 5.79. The van der Waals surface area contributed by atoms with Gasteiger partial charge in [-0.2, -0.15) is 0 Å². The Bertz CT molecular complexity index is 154. The van der Waals surface area contributed by atoms with Gasteiger partial charge in [-0.05, 0) is 57.7 Å². The lowest BCUT2D eigenvalue weighted by molar-refractivity contribution is 0.107. The molecule has 0 bridgehead atoms.